The second-order valence-electron chi connectivity index (χ2n) is 7.98. The van der Waals surface area contributed by atoms with Crippen molar-refractivity contribution in [2.24, 2.45) is 5.41 Å². The first kappa shape index (κ1) is 19.8. The molecule has 1 heterocycles. The Morgan fingerprint density at radius 1 is 0.455 bits per heavy atom. The maximum Gasteiger partial charge on any atom is 0.0194 e. The van der Waals surface area contributed by atoms with Crippen molar-refractivity contribution < 1.29 is 0 Å². The van der Waals surface area contributed by atoms with Crippen LogP contribution in [0.25, 0.3) is 0 Å². The molecular weight excluding hydrogens is 274 g/mol. The second-order valence-corrected chi connectivity index (χ2v) is 7.98. The lowest BCUT2D eigenvalue weighted by Gasteiger charge is -2.53. The molecule has 0 unspecified atom stereocenters. The molecule has 0 aromatic carbocycles. The van der Waals surface area contributed by atoms with E-state index >= 15 is 0 Å². The highest BCUT2D eigenvalue weighted by Gasteiger charge is 2.47. The molecule has 1 fully saturated rings. The van der Waals surface area contributed by atoms with Crippen molar-refractivity contribution in [2.75, 3.05) is 52.4 Å². The molecule has 1 aliphatic rings. The predicted octanol–water partition coefficient (Wildman–Crippen LogP) is 0.531. The summed E-state index contributed by atoms with van der Waals surface area (Å²) in [4.78, 5) is 0. The molecule has 1 rings (SSSR count). The SMILES string of the molecule is CC1(C)NCCNCCNCCNCCNC(C)(C)C1(C)C. The van der Waals surface area contributed by atoms with Crippen LogP contribution in [0, 0.1) is 5.41 Å². The molecule has 0 aromatic heterocycles. The number of nitrogens with one attached hydrogen (secondary N) is 5. The van der Waals surface area contributed by atoms with E-state index in [1.807, 2.05) is 0 Å². The molecule has 0 atom stereocenters. The van der Waals surface area contributed by atoms with Crippen LogP contribution in [0.15, 0.2) is 0 Å². The first-order valence-corrected chi connectivity index (χ1v) is 8.83. The Hall–Kier alpha value is -0.200. The monoisotopic (exact) mass is 313 g/mol. The third kappa shape index (κ3) is 5.46. The van der Waals surface area contributed by atoms with Crippen molar-refractivity contribution in [1.29, 1.82) is 0 Å². The molecule has 132 valence electrons. The lowest BCUT2D eigenvalue weighted by molar-refractivity contribution is 0.0489. The van der Waals surface area contributed by atoms with Crippen LogP contribution in [0.1, 0.15) is 41.5 Å². The topological polar surface area (TPSA) is 60.1 Å². The summed E-state index contributed by atoms with van der Waals surface area (Å²) in [5, 5.41) is 17.9. The summed E-state index contributed by atoms with van der Waals surface area (Å²) in [5.41, 5.74) is 0.209. The molecule has 1 aliphatic heterocycles. The van der Waals surface area contributed by atoms with Crippen LogP contribution in [-0.2, 0) is 0 Å². The van der Waals surface area contributed by atoms with Gasteiger partial charge in [-0.2, -0.15) is 0 Å². The van der Waals surface area contributed by atoms with E-state index < -0.39 is 0 Å². The summed E-state index contributed by atoms with van der Waals surface area (Å²) < 4.78 is 0. The van der Waals surface area contributed by atoms with Crippen molar-refractivity contribution in [1.82, 2.24) is 26.6 Å². The first-order valence-electron chi connectivity index (χ1n) is 8.83. The van der Waals surface area contributed by atoms with Crippen molar-refractivity contribution in [3.63, 3.8) is 0 Å². The summed E-state index contributed by atoms with van der Waals surface area (Å²) in [6.07, 6.45) is 0. The van der Waals surface area contributed by atoms with E-state index in [-0.39, 0.29) is 16.5 Å². The van der Waals surface area contributed by atoms with Gasteiger partial charge in [-0.1, -0.05) is 13.8 Å². The minimum absolute atomic E-state index is 0.0495. The molecule has 0 spiro atoms. The average molecular weight is 314 g/mol. The zero-order chi connectivity index (χ0) is 16.7. The smallest absolute Gasteiger partial charge is 0.0194 e. The van der Waals surface area contributed by atoms with Gasteiger partial charge in [0.1, 0.15) is 0 Å². The van der Waals surface area contributed by atoms with Crippen LogP contribution in [0.4, 0.5) is 0 Å². The maximum absolute atomic E-state index is 3.75. The van der Waals surface area contributed by atoms with Crippen molar-refractivity contribution in [3.05, 3.63) is 0 Å². The summed E-state index contributed by atoms with van der Waals surface area (Å²) in [6, 6.07) is 0. The van der Waals surface area contributed by atoms with Gasteiger partial charge >= 0.3 is 0 Å². The zero-order valence-electron chi connectivity index (χ0n) is 15.7. The van der Waals surface area contributed by atoms with Gasteiger partial charge in [0, 0.05) is 63.4 Å². The fourth-order valence-corrected chi connectivity index (χ4v) is 2.88. The Kier molecular flexibility index (Phi) is 7.75. The van der Waals surface area contributed by atoms with Crippen LogP contribution < -0.4 is 26.6 Å². The van der Waals surface area contributed by atoms with Gasteiger partial charge in [0.15, 0.2) is 0 Å². The Morgan fingerprint density at radius 3 is 1.05 bits per heavy atom. The van der Waals surface area contributed by atoms with Gasteiger partial charge in [-0.15, -0.1) is 0 Å². The quantitative estimate of drug-likeness (QED) is 0.452. The van der Waals surface area contributed by atoms with E-state index in [1.165, 1.54) is 0 Å². The largest absolute Gasteiger partial charge is 0.314 e. The van der Waals surface area contributed by atoms with Crippen LogP contribution in [0.3, 0.4) is 0 Å². The second kappa shape index (κ2) is 8.60. The average Bonchev–Trinajstić information content (AvgIpc) is 2.42. The minimum atomic E-state index is 0.0495. The lowest BCUT2D eigenvalue weighted by atomic mass is 9.63. The standard InChI is InChI=1S/C17H39N5/c1-15(2)16(3,4)21-13-11-19-9-7-18-8-10-20-12-14-22-17(15,5)6/h18-22H,7-14H2,1-6H3. The van der Waals surface area contributed by atoms with Gasteiger partial charge in [0.2, 0.25) is 0 Å². The van der Waals surface area contributed by atoms with Crippen LogP contribution in [0.5, 0.6) is 0 Å². The Labute approximate surface area is 137 Å². The van der Waals surface area contributed by atoms with Crippen molar-refractivity contribution in [2.45, 2.75) is 52.6 Å². The van der Waals surface area contributed by atoms with E-state index in [1.54, 1.807) is 0 Å². The summed E-state index contributed by atoms with van der Waals surface area (Å²) in [5.74, 6) is 0. The zero-order valence-corrected chi connectivity index (χ0v) is 15.7. The fourth-order valence-electron chi connectivity index (χ4n) is 2.88. The van der Waals surface area contributed by atoms with E-state index in [9.17, 15) is 0 Å². The van der Waals surface area contributed by atoms with Gasteiger partial charge in [0.25, 0.3) is 0 Å². The normalized spacial score (nSPS) is 28.1. The highest BCUT2D eigenvalue weighted by molar-refractivity contribution is 5.05. The highest BCUT2D eigenvalue weighted by Crippen LogP contribution is 2.40. The van der Waals surface area contributed by atoms with E-state index in [2.05, 4.69) is 68.1 Å². The maximum atomic E-state index is 3.75. The fraction of sp³-hybridized carbons (Fsp3) is 1.00. The molecule has 0 bridgehead atoms. The molecule has 5 heteroatoms. The number of rotatable bonds is 0. The highest BCUT2D eigenvalue weighted by atomic mass is 15.1. The number of hydrogen-bond donors (Lipinski definition) is 5. The predicted molar refractivity (Wildman–Crippen MR) is 96.6 cm³/mol. The summed E-state index contributed by atoms with van der Waals surface area (Å²) in [6.45, 7) is 22.1. The molecule has 1 saturated heterocycles. The summed E-state index contributed by atoms with van der Waals surface area (Å²) >= 11 is 0. The third-order valence-electron chi connectivity index (χ3n) is 5.82. The molecular formula is C17H39N5. The van der Waals surface area contributed by atoms with Crippen LogP contribution in [0.2, 0.25) is 0 Å². The van der Waals surface area contributed by atoms with Gasteiger partial charge in [-0.25, -0.2) is 0 Å². The molecule has 5 nitrogen and oxygen atoms in total. The van der Waals surface area contributed by atoms with Crippen LogP contribution in [-0.4, -0.2) is 63.4 Å². The minimum Gasteiger partial charge on any atom is -0.314 e. The van der Waals surface area contributed by atoms with Crippen molar-refractivity contribution in [3.8, 4) is 0 Å². The van der Waals surface area contributed by atoms with Gasteiger partial charge < -0.3 is 26.6 Å². The van der Waals surface area contributed by atoms with Crippen LogP contribution >= 0.6 is 0 Å². The lowest BCUT2D eigenvalue weighted by Crippen LogP contribution is -2.65. The molecule has 0 saturated carbocycles. The Bertz CT molecular complexity index is 284. The molecule has 0 aromatic rings. The molecule has 5 N–H and O–H groups in total. The van der Waals surface area contributed by atoms with Crippen molar-refractivity contribution >= 4 is 0 Å². The molecule has 0 radical (unpaired) electrons. The molecule has 22 heavy (non-hydrogen) atoms. The Balaban J connectivity index is 2.69. The molecule has 0 amide bonds. The number of hydrogen-bond acceptors (Lipinski definition) is 5. The van der Waals surface area contributed by atoms with Gasteiger partial charge in [0.05, 0.1) is 0 Å². The first-order chi connectivity index (χ1) is 10.2. The summed E-state index contributed by atoms with van der Waals surface area (Å²) in [7, 11) is 0. The van der Waals surface area contributed by atoms with E-state index in [0.717, 1.165) is 52.4 Å². The van der Waals surface area contributed by atoms with E-state index in [0.29, 0.717) is 0 Å². The van der Waals surface area contributed by atoms with Gasteiger partial charge in [-0.05, 0) is 33.1 Å². The Morgan fingerprint density at radius 2 is 0.727 bits per heavy atom. The third-order valence-corrected chi connectivity index (χ3v) is 5.82. The van der Waals surface area contributed by atoms with Gasteiger partial charge in [-0.3, -0.25) is 0 Å². The molecule has 0 aliphatic carbocycles. The van der Waals surface area contributed by atoms with E-state index in [4.69, 9.17) is 0 Å².